The standard InChI is InChI=1S/C23H38N6O/c1-24-23(29-11-8-22(20-29)28-16-18-30-19-17-28)25-9-5-10-26-12-14-27(15-13-26)21-6-3-2-4-7-21/h2-4,6-7,22H,5,8-20H2,1H3,(H,24,25). The number of rotatable bonds is 6. The van der Waals surface area contributed by atoms with Crippen molar-refractivity contribution in [2.24, 2.45) is 4.99 Å². The monoisotopic (exact) mass is 414 g/mol. The molecule has 3 fully saturated rings. The highest BCUT2D eigenvalue weighted by molar-refractivity contribution is 5.80. The Morgan fingerprint density at radius 1 is 1.03 bits per heavy atom. The number of morpholine rings is 1. The van der Waals surface area contributed by atoms with Crippen molar-refractivity contribution in [3.8, 4) is 0 Å². The van der Waals surface area contributed by atoms with Gasteiger partial charge in [0, 0.05) is 77.7 Å². The second kappa shape index (κ2) is 11.0. The summed E-state index contributed by atoms with van der Waals surface area (Å²) in [4.78, 5) is 14.7. The van der Waals surface area contributed by atoms with Crippen molar-refractivity contribution < 1.29 is 4.74 Å². The van der Waals surface area contributed by atoms with Crippen LogP contribution in [0.1, 0.15) is 12.8 Å². The van der Waals surface area contributed by atoms with E-state index in [1.165, 1.54) is 12.1 Å². The second-order valence-electron chi connectivity index (χ2n) is 8.53. The Balaban J connectivity index is 1.12. The number of nitrogens with zero attached hydrogens (tertiary/aromatic N) is 5. The number of anilines is 1. The van der Waals surface area contributed by atoms with E-state index in [9.17, 15) is 0 Å². The zero-order chi connectivity index (χ0) is 20.6. The van der Waals surface area contributed by atoms with Gasteiger partial charge < -0.3 is 19.9 Å². The first-order chi connectivity index (χ1) is 14.8. The lowest BCUT2D eigenvalue weighted by molar-refractivity contribution is 0.0195. The number of para-hydroxylation sites is 1. The third-order valence-electron chi connectivity index (χ3n) is 6.66. The molecule has 1 aromatic carbocycles. The number of hydrogen-bond acceptors (Lipinski definition) is 5. The maximum absolute atomic E-state index is 5.50. The molecule has 3 aliphatic heterocycles. The highest BCUT2D eigenvalue weighted by Gasteiger charge is 2.30. The molecule has 1 atom stereocenters. The number of hydrogen-bond donors (Lipinski definition) is 1. The Labute approximate surface area is 181 Å². The summed E-state index contributed by atoms with van der Waals surface area (Å²) in [6.07, 6.45) is 2.39. The van der Waals surface area contributed by atoms with E-state index in [0.29, 0.717) is 6.04 Å². The lowest BCUT2D eigenvalue weighted by atomic mass is 10.2. The zero-order valence-corrected chi connectivity index (χ0v) is 18.5. The fraction of sp³-hybridized carbons (Fsp3) is 0.696. The molecule has 7 nitrogen and oxygen atoms in total. The van der Waals surface area contributed by atoms with Gasteiger partial charge in [-0.1, -0.05) is 18.2 Å². The van der Waals surface area contributed by atoms with Gasteiger partial charge >= 0.3 is 0 Å². The summed E-state index contributed by atoms with van der Waals surface area (Å²) < 4.78 is 5.50. The summed E-state index contributed by atoms with van der Waals surface area (Å²) in [5.74, 6) is 1.07. The summed E-state index contributed by atoms with van der Waals surface area (Å²) in [6.45, 7) is 12.8. The van der Waals surface area contributed by atoms with Crippen molar-refractivity contribution in [2.45, 2.75) is 18.9 Å². The molecule has 1 aromatic rings. The van der Waals surface area contributed by atoms with Gasteiger partial charge in [-0.3, -0.25) is 14.8 Å². The molecule has 0 spiro atoms. The molecule has 0 aromatic heterocycles. The Hall–Kier alpha value is -1.83. The topological polar surface area (TPSA) is 46.6 Å². The molecule has 3 aliphatic rings. The van der Waals surface area contributed by atoms with Crippen LogP contribution in [0, 0.1) is 0 Å². The average Bonchev–Trinajstić information content (AvgIpc) is 3.31. The van der Waals surface area contributed by atoms with Gasteiger partial charge in [-0.25, -0.2) is 0 Å². The normalized spacial score (nSPS) is 24.4. The van der Waals surface area contributed by atoms with Crippen LogP contribution in [0.15, 0.2) is 35.3 Å². The van der Waals surface area contributed by atoms with Crippen LogP contribution in [0.3, 0.4) is 0 Å². The Bertz CT molecular complexity index is 655. The quantitative estimate of drug-likeness (QED) is 0.429. The summed E-state index contributed by atoms with van der Waals surface area (Å²) in [5.41, 5.74) is 1.35. The molecule has 30 heavy (non-hydrogen) atoms. The Kier molecular flexibility index (Phi) is 7.83. The van der Waals surface area contributed by atoms with Crippen LogP contribution in [0.5, 0.6) is 0 Å². The van der Waals surface area contributed by atoms with Crippen LogP contribution in [-0.4, -0.2) is 112 Å². The largest absolute Gasteiger partial charge is 0.379 e. The maximum atomic E-state index is 5.50. The molecule has 0 amide bonds. The number of ether oxygens (including phenoxy) is 1. The number of nitrogens with one attached hydrogen (secondary N) is 1. The van der Waals surface area contributed by atoms with Crippen LogP contribution in [0.2, 0.25) is 0 Å². The third kappa shape index (κ3) is 5.65. The van der Waals surface area contributed by atoms with Crippen molar-refractivity contribution in [3.05, 3.63) is 30.3 Å². The van der Waals surface area contributed by atoms with Crippen LogP contribution in [0.4, 0.5) is 5.69 Å². The first-order valence-corrected chi connectivity index (χ1v) is 11.6. The molecule has 7 heteroatoms. The minimum atomic E-state index is 0.647. The maximum Gasteiger partial charge on any atom is 0.193 e. The van der Waals surface area contributed by atoms with Crippen LogP contribution in [-0.2, 0) is 4.74 Å². The summed E-state index contributed by atoms with van der Waals surface area (Å²) in [7, 11) is 1.91. The first-order valence-electron chi connectivity index (χ1n) is 11.6. The Morgan fingerprint density at radius 3 is 2.53 bits per heavy atom. The zero-order valence-electron chi connectivity index (χ0n) is 18.5. The van der Waals surface area contributed by atoms with Gasteiger partial charge in [-0.05, 0) is 31.5 Å². The van der Waals surface area contributed by atoms with Gasteiger partial charge in [-0.15, -0.1) is 0 Å². The lowest BCUT2D eigenvalue weighted by Gasteiger charge is -2.36. The molecule has 4 rings (SSSR count). The molecule has 0 aliphatic carbocycles. The fourth-order valence-electron chi connectivity index (χ4n) is 4.88. The Morgan fingerprint density at radius 2 is 1.80 bits per heavy atom. The fourth-order valence-corrected chi connectivity index (χ4v) is 4.88. The molecule has 0 saturated carbocycles. The minimum absolute atomic E-state index is 0.647. The number of guanidine groups is 1. The van der Waals surface area contributed by atoms with E-state index in [0.717, 1.165) is 91.0 Å². The SMILES string of the molecule is CN=C(NCCCN1CCN(c2ccccc2)CC1)N1CCC(N2CCOCC2)C1. The van der Waals surface area contributed by atoms with Crippen molar-refractivity contribution >= 4 is 11.6 Å². The molecule has 3 saturated heterocycles. The molecular weight excluding hydrogens is 376 g/mol. The van der Waals surface area contributed by atoms with Gasteiger partial charge in [0.05, 0.1) is 13.2 Å². The average molecular weight is 415 g/mol. The molecule has 0 bridgehead atoms. The van der Waals surface area contributed by atoms with Crippen molar-refractivity contribution in [2.75, 3.05) is 90.6 Å². The molecule has 166 valence electrons. The van der Waals surface area contributed by atoms with E-state index in [1.807, 2.05) is 7.05 Å². The van der Waals surface area contributed by atoms with Crippen LogP contribution < -0.4 is 10.2 Å². The highest BCUT2D eigenvalue weighted by Crippen LogP contribution is 2.17. The summed E-state index contributed by atoms with van der Waals surface area (Å²) in [5, 5.41) is 3.60. The molecular formula is C23H38N6O. The van der Waals surface area contributed by atoms with E-state index in [2.05, 4.69) is 60.2 Å². The number of aliphatic imine (C=N–C) groups is 1. The van der Waals surface area contributed by atoms with Crippen molar-refractivity contribution in [3.63, 3.8) is 0 Å². The van der Waals surface area contributed by atoms with E-state index in [4.69, 9.17) is 4.74 Å². The summed E-state index contributed by atoms with van der Waals surface area (Å²) in [6, 6.07) is 11.4. The third-order valence-corrected chi connectivity index (χ3v) is 6.66. The lowest BCUT2D eigenvalue weighted by Crippen LogP contribution is -2.48. The highest BCUT2D eigenvalue weighted by atomic mass is 16.5. The van der Waals surface area contributed by atoms with Gasteiger partial charge in [0.15, 0.2) is 5.96 Å². The van der Waals surface area contributed by atoms with Gasteiger partial charge in [0.2, 0.25) is 0 Å². The second-order valence-corrected chi connectivity index (χ2v) is 8.53. The number of likely N-dealkylation sites (tertiary alicyclic amines) is 1. The van der Waals surface area contributed by atoms with Crippen molar-refractivity contribution in [1.29, 1.82) is 0 Å². The van der Waals surface area contributed by atoms with Crippen molar-refractivity contribution in [1.82, 2.24) is 20.0 Å². The van der Waals surface area contributed by atoms with Gasteiger partial charge in [0.1, 0.15) is 0 Å². The van der Waals surface area contributed by atoms with Crippen LogP contribution in [0.25, 0.3) is 0 Å². The smallest absolute Gasteiger partial charge is 0.193 e. The predicted molar refractivity (Wildman–Crippen MR) is 123 cm³/mol. The van der Waals surface area contributed by atoms with Gasteiger partial charge in [-0.2, -0.15) is 0 Å². The molecule has 1 N–H and O–H groups in total. The minimum Gasteiger partial charge on any atom is -0.379 e. The van der Waals surface area contributed by atoms with E-state index >= 15 is 0 Å². The number of piperazine rings is 1. The van der Waals surface area contributed by atoms with Crippen LogP contribution >= 0.6 is 0 Å². The molecule has 0 radical (unpaired) electrons. The molecule has 1 unspecified atom stereocenters. The summed E-state index contributed by atoms with van der Waals surface area (Å²) >= 11 is 0. The van der Waals surface area contributed by atoms with Gasteiger partial charge in [0.25, 0.3) is 0 Å². The molecule has 3 heterocycles. The first kappa shape index (κ1) is 21.4. The van der Waals surface area contributed by atoms with E-state index in [1.54, 1.807) is 0 Å². The number of benzene rings is 1. The predicted octanol–water partition coefficient (Wildman–Crippen LogP) is 1.18. The van der Waals surface area contributed by atoms with E-state index in [-0.39, 0.29) is 0 Å². The van der Waals surface area contributed by atoms with E-state index < -0.39 is 0 Å².